The maximum atomic E-state index is 12.0. The number of thioether (sulfide) groups is 1. The number of ether oxygens (including phenoxy) is 1. The Bertz CT molecular complexity index is 708. The lowest BCUT2D eigenvalue weighted by molar-refractivity contribution is -0.152. The summed E-state index contributed by atoms with van der Waals surface area (Å²) in [4.78, 5) is 45.9. The van der Waals surface area contributed by atoms with Crippen molar-refractivity contribution in [2.45, 2.75) is 58.2 Å². The summed E-state index contributed by atoms with van der Waals surface area (Å²) in [6, 6.07) is 0. The predicted molar refractivity (Wildman–Crippen MR) is 108 cm³/mol. The lowest BCUT2D eigenvalue weighted by Gasteiger charge is -2.23. The van der Waals surface area contributed by atoms with Gasteiger partial charge in [-0.05, 0) is 52.9 Å². The van der Waals surface area contributed by atoms with Gasteiger partial charge in [-0.1, -0.05) is 11.8 Å². The van der Waals surface area contributed by atoms with E-state index in [1.54, 1.807) is 0 Å². The molecule has 156 valence electrons. The molecule has 0 radical (unpaired) electrons. The van der Waals surface area contributed by atoms with E-state index < -0.39 is 18.5 Å². The van der Waals surface area contributed by atoms with Gasteiger partial charge in [0.25, 0.3) is 5.91 Å². The Balaban J connectivity index is 2.46. The van der Waals surface area contributed by atoms with E-state index in [4.69, 9.17) is 4.74 Å². The Labute approximate surface area is 170 Å². The maximum absolute atomic E-state index is 12.0. The van der Waals surface area contributed by atoms with Crippen LogP contribution in [0.5, 0.6) is 0 Å². The minimum Gasteiger partial charge on any atom is -0.456 e. The van der Waals surface area contributed by atoms with Crippen molar-refractivity contribution >= 4 is 29.5 Å². The van der Waals surface area contributed by atoms with Crippen LogP contribution < -0.4 is 5.32 Å². The molecule has 0 atom stereocenters. The van der Waals surface area contributed by atoms with Gasteiger partial charge in [0.1, 0.15) is 0 Å². The molecule has 1 aromatic rings. The van der Waals surface area contributed by atoms with E-state index in [-0.39, 0.29) is 24.4 Å². The molecule has 8 nitrogen and oxygen atoms in total. The minimum absolute atomic E-state index is 0.0921. The number of rotatable bonds is 8. The van der Waals surface area contributed by atoms with Gasteiger partial charge in [-0.2, -0.15) is 0 Å². The van der Waals surface area contributed by atoms with Crippen LogP contribution in [0.15, 0.2) is 5.16 Å². The molecule has 1 aromatic heterocycles. The number of likely N-dealkylation sites (N-methyl/N-ethyl adjacent to an activating group) is 1. The molecule has 0 aliphatic carbocycles. The van der Waals surface area contributed by atoms with Crippen LogP contribution in [-0.4, -0.2) is 64.6 Å². The average molecular weight is 411 g/mol. The van der Waals surface area contributed by atoms with Crippen LogP contribution in [0.3, 0.4) is 0 Å². The van der Waals surface area contributed by atoms with Crippen molar-refractivity contribution in [1.82, 2.24) is 20.2 Å². The molecule has 0 aliphatic heterocycles. The summed E-state index contributed by atoms with van der Waals surface area (Å²) >= 11 is 1.47. The van der Waals surface area contributed by atoms with Crippen molar-refractivity contribution in [3.8, 4) is 0 Å². The fourth-order valence-electron chi connectivity index (χ4n) is 2.47. The fraction of sp³-hybridized carbons (Fsp3) is 0.632. The van der Waals surface area contributed by atoms with Gasteiger partial charge in [-0.25, -0.2) is 9.97 Å². The molecular weight excluding hydrogens is 380 g/mol. The molecule has 0 saturated heterocycles. The third-order valence-corrected chi connectivity index (χ3v) is 4.39. The van der Waals surface area contributed by atoms with Crippen molar-refractivity contribution in [2.75, 3.05) is 26.5 Å². The van der Waals surface area contributed by atoms with Gasteiger partial charge < -0.3 is 15.0 Å². The molecule has 1 N–H and O–H groups in total. The topological polar surface area (TPSA) is 101 Å². The first-order valence-electron chi connectivity index (χ1n) is 9.01. The summed E-state index contributed by atoms with van der Waals surface area (Å²) in [6.45, 7) is 8.86. The molecule has 0 saturated carbocycles. The lowest BCUT2D eigenvalue weighted by Crippen LogP contribution is -2.46. The van der Waals surface area contributed by atoms with Crippen LogP contribution in [0, 0.1) is 13.8 Å². The van der Waals surface area contributed by atoms with Crippen LogP contribution in [0.2, 0.25) is 0 Å². The zero-order valence-corrected chi connectivity index (χ0v) is 18.5. The van der Waals surface area contributed by atoms with E-state index in [0.717, 1.165) is 17.0 Å². The zero-order chi connectivity index (χ0) is 21.5. The number of aromatic nitrogens is 2. The number of amides is 2. The van der Waals surface area contributed by atoms with Crippen molar-refractivity contribution < 1.29 is 19.1 Å². The SMILES string of the molecule is CSc1nc(C)c(CCC(=O)OCC(=O)N(C)CC(=O)NC(C)(C)C)c(C)n1. The van der Waals surface area contributed by atoms with Crippen LogP contribution >= 0.6 is 11.8 Å². The van der Waals surface area contributed by atoms with E-state index in [2.05, 4.69) is 15.3 Å². The summed E-state index contributed by atoms with van der Waals surface area (Å²) < 4.78 is 5.05. The lowest BCUT2D eigenvalue weighted by atomic mass is 10.1. The van der Waals surface area contributed by atoms with E-state index in [0.29, 0.717) is 11.6 Å². The molecule has 0 fully saturated rings. The van der Waals surface area contributed by atoms with Gasteiger partial charge in [-0.3, -0.25) is 14.4 Å². The van der Waals surface area contributed by atoms with Crippen LogP contribution in [0.1, 0.15) is 44.1 Å². The Kier molecular flexibility index (Phi) is 8.87. The van der Waals surface area contributed by atoms with Crippen molar-refractivity contribution in [3.05, 3.63) is 17.0 Å². The monoisotopic (exact) mass is 410 g/mol. The summed E-state index contributed by atoms with van der Waals surface area (Å²) in [5.74, 6) is -1.18. The second-order valence-electron chi connectivity index (χ2n) is 7.57. The normalized spacial score (nSPS) is 11.1. The van der Waals surface area contributed by atoms with Gasteiger partial charge in [0.05, 0.1) is 6.54 Å². The fourth-order valence-corrected chi connectivity index (χ4v) is 2.93. The molecule has 2 amide bonds. The number of carbonyl (C=O) groups excluding carboxylic acids is 3. The highest BCUT2D eigenvalue weighted by Gasteiger charge is 2.19. The van der Waals surface area contributed by atoms with Gasteiger partial charge in [0, 0.05) is 30.4 Å². The Morgan fingerprint density at radius 2 is 1.71 bits per heavy atom. The number of nitrogens with zero attached hydrogens (tertiary/aromatic N) is 3. The largest absolute Gasteiger partial charge is 0.456 e. The van der Waals surface area contributed by atoms with Crippen LogP contribution in [0.4, 0.5) is 0 Å². The Morgan fingerprint density at radius 1 is 1.14 bits per heavy atom. The molecule has 0 aromatic carbocycles. The minimum atomic E-state index is -0.478. The zero-order valence-electron chi connectivity index (χ0n) is 17.7. The van der Waals surface area contributed by atoms with Gasteiger partial charge >= 0.3 is 5.97 Å². The highest BCUT2D eigenvalue weighted by Crippen LogP contribution is 2.17. The number of nitrogens with one attached hydrogen (secondary N) is 1. The Morgan fingerprint density at radius 3 is 2.21 bits per heavy atom. The van der Waals surface area contributed by atoms with Gasteiger partial charge in [-0.15, -0.1) is 0 Å². The highest BCUT2D eigenvalue weighted by atomic mass is 32.2. The van der Waals surface area contributed by atoms with Crippen molar-refractivity contribution in [1.29, 1.82) is 0 Å². The van der Waals surface area contributed by atoms with E-state index in [1.165, 1.54) is 23.7 Å². The first-order chi connectivity index (χ1) is 12.9. The maximum Gasteiger partial charge on any atom is 0.306 e. The van der Waals surface area contributed by atoms with E-state index in [1.807, 2.05) is 40.9 Å². The number of hydrogen-bond donors (Lipinski definition) is 1. The molecule has 0 aliphatic rings. The number of esters is 1. The molecule has 1 rings (SSSR count). The van der Waals surface area contributed by atoms with E-state index in [9.17, 15) is 14.4 Å². The van der Waals surface area contributed by atoms with Crippen molar-refractivity contribution in [3.63, 3.8) is 0 Å². The highest BCUT2D eigenvalue weighted by molar-refractivity contribution is 7.98. The Hall–Kier alpha value is -2.16. The second kappa shape index (κ2) is 10.4. The predicted octanol–water partition coefficient (Wildman–Crippen LogP) is 1.66. The van der Waals surface area contributed by atoms with Crippen molar-refractivity contribution in [2.24, 2.45) is 0 Å². The molecule has 1 heterocycles. The summed E-state index contributed by atoms with van der Waals surface area (Å²) in [5.41, 5.74) is 2.22. The standard InChI is InChI=1S/C19H30N4O4S/c1-12-14(13(2)21-18(20-12)28-7)8-9-17(26)27-11-16(25)23(6)10-15(24)22-19(3,4)5/h8-11H2,1-7H3,(H,22,24). The molecule has 0 spiro atoms. The summed E-state index contributed by atoms with van der Waals surface area (Å²) in [5, 5.41) is 3.47. The molecule has 28 heavy (non-hydrogen) atoms. The number of carbonyl (C=O) groups is 3. The molecule has 9 heteroatoms. The van der Waals surface area contributed by atoms with Crippen LogP contribution in [-0.2, 0) is 25.5 Å². The van der Waals surface area contributed by atoms with Crippen LogP contribution in [0.25, 0.3) is 0 Å². The quantitative estimate of drug-likeness (QED) is 0.395. The average Bonchev–Trinajstić information content (AvgIpc) is 2.56. The number of hydrogen-bond acceptors (Lipinski definition) is 7. The third kappa shape index (κ3) is 8.24. The molecule has 0 bridgehead atoms. The van der Waals surface area contributed by atoms with Gasteiger partial charge in [0.2, 0.25) is 5.91 Å². The first-order valence-corrected chi connectivity index (χ1v) is 10.2. The molecule has 0 unspecified atom stereocenters. The first kappa shape index (κ1) is 23.9. The van der Waals surface area contributed by atoms with E-state index >= 15 is 0 Å². The molecular formula is C19H30N4O4S. The number of aryl methyl sites for hydroxylation is 2. The summed E-state index contributed by atoms with van der Waals surface area (Å²) in [7, 11) is 1.50. The summed E-state index contributed by atoms with van der Waals surface area (Å²) in [6.07, 6.45) is 2.49. The van der Waals surface area contributed by atoms with Gasteiger partial charge in [0.15, 0.2) is 11.8 Å². The second-order valence-corrected chi connectivity index (χ2v) is 8.34. The third-order valence-electron chi connectivity index (χ3n) is 3.84. The smallest absolute Gasteiger partial charge is 0.306 e.